The van der Waals surface area contributed by atoms with E-state index in [0.29, 0.717) is 5.69 Å². The van der Waals surface area contributed by atoms with Gasteiger partial charge in [-0.2, -0.15) is 0 Å². The Hall–Kier alpha value is -2.64. The van der Waals surface area contributed by atoms with Crippen LogP contribution in [-0.4, -0.2) is 20.9 Å². The van der Waals surface area contributed by atoms with Gasteiger partial charge in [0.15, 0.2) is 0 Å². The van der Waals surface area contributed by atoms with Crippen LogP contribution in [0.25, 0.3) is 5.69 Å². The van der Waals surface area contributed by atoms with Gasteiger partial charge < -0.3 is 5.11 Å². The molecule has 0 spiro atoms. The standard InChI is InChI=1S/C18H13BrClN3O3/c1-10-8-11(6-7-13(10)19)21-9-12-16(24)22-18(26)23(17(12)25)15-5-3-2-4-14(15)20/h2-9,25H,1H3,(H,22,24,26). The van der Waals surface area contributed by atoms with Crippen LogP contribution in [0.4, 0.5) is 5.69 Å². The summed E-state index contributed by atoms with van der Waals surface area (Å²) in [6, 6.07) is 11.9. The van der Waals surface area contributed by atoms with Crippen LogP contribution in [0, 0.1) is 6.92 Å². The summed E-state index contributed by atoms with van der Waals surface area (Å²) in [6.07, 6.45) is 1.21. The van der Waals surface area contributed by atoms with Gasteiger partial charge in [-0.05, 0) is 42.8 Å². The van der Waals surface area contributed by atoms with Gasteiger partial charge in [0, 0.05) is 10.7 Å². The fraction of sp³-hybridized carbons (Fsp3) is 0.0556. The van der Waals surface area contributed by atoms with Crippen LogP contribution < -0.4 is 11.2 Å². The van der Waals surface area contributed by atoms with E-state index in [1.165, 1.54) is 6.21 Å². The Morgan fingerprint density at radius 2 is 1.96 bits per heavy atom. The first-order valence-electron chi connectivity index (χ1n) is 7.52. The molecule has 1 heterocycles. The number of nitrogens with one attached hydrogen (secondary N) is 1. The number of hydrogen-bond donors (Lipinski definition) is 2. The largest absolute Gasteiger partial charge is 0.493 e. The van der Waals surface area contributed by atoms with Crippen molar-refractivity contribution < 1.29 is 5.11 Å². The zero-order chi connectivity index (χ0) is 18.8. The van der Waals surface area contributed by atoms with E-state index in [1.807, 2.05) is 19.1 Å². The smallest absolute Gasteiger partial charge is 0.335 e. The average Bonchev–Trinajstić information content (AvgIpc) is 2.59. The average molecular weight is 435 g/mol. The molecule has 0 bridgehead atoms. The minimum absolute atomic E-state index is 0.148. The van der Waals surface area contributed by atoms with Crippen molar-refractivity contribution in [1.82, 2.24) is 9.55 Å². The lowest BCUT2D eigenvalue weighted by molar-refractivity contribution is 0.430. The molecule has 0 saturated carbocycles. The van der Waals surface area contributed by atoms with Crippen LogP contribution in [0.2, 0.25) is 5.02 Å². The molecule has 132 valence electrons. The second kappa shape index (κ2) is 7.31. The van der Waals surface area contributed by atoms with Gasteiger partial charge >= 0.3 is 5.69 Å². The Labute approximate surface area is 161 Å². The predicted octanol–water partition coefficient (Wildman–Crippen LogP) is 3.71. The molecule has 0 radical (unpaired) electrons. The number of benzene rings is 2. The predicted molar refractivity (Wildman–Crippen MR) is 105 cm³/mol. The molecule has 26 heavy (non-hydrogen) atoms. The summed E-state index contributed by atoms with van der Waals surface area (Å²) < 4.78 is 1.86. The van der Waals surface area contributed by atoms with Crippen LogP contribution in [0.15, 0.2) is 61.5 Å². The van der Waals surface area contributed by atoms with Gasteiger partial charge in [0.1, 0.15) is 5.56 Å². The highest BCUT2D eigenvalue weighted by Crippen LogP contribution is 2.24. The van der Waals surface area contributed by atoms with Crippen molar-refractivity contribution >= 4 is 39.4 Å². The molecule has 0 aliphatic rings. The van der Waals surface area contributed by atoms with Gasteiger partial charge in [0.25, 0.3) is 5.56 Å². The fourth-order valence-electron chi connectivity index (χ4n) is 2.36. The number of hydrogen-bond acceptors (Lipinski definition) is 4. The quantitative estimate of drug-likeness (QED) is 0.616. The highest BCUT2D eigenvalue weighted by Gasteiger charge is 2.15. The zero-order valence-corrected chi connectivity index (χ0v) is 15.9. The lowest BCUT2D eigenvalue weighted by Gasteiger charge is -2.10. The molecule has 2 N–H and O–H groups in total. The maximum Gasteiger partial charge on any atom is 0.335 e. The van der Waals surface area contributed by atoms with Crippen LogP contribution >= 0.6 is 27.5 Å². The second-order valence-electron chi connectivity index (χ2n) is 5.48. The number of aromatic nitrogens is 2. The molecule has 0 aliphatic heterocycles. The van der Waals surface area contributed by atoms with Gasteiger partial charge in [-0.25, -0.2) is 9.36 Å². The molecule has 1 aromatic heterocycles. The normalized spacial score (nSPS) is 11.2. The number of nitrogens with zero attached hydrogens (tertiary/aromatic N) is 2. The van der Waals surface area contributed by atoms with Crippen LogP contribution in [-0.2, 0) is 0 Å². The molecule has 0 aliphatic carbocycles. The van der Waals surface area contributed by atoms with Gasteiger partial charge in [0.05, 0.1) is 16.4 Å². The Balaban J connectivity index is 2.14. The van der Waals surface area contributed by atoms with E-state index >= 15 is 0 Å². The van der Waals surface area contributed by atoms with Crippen molar-refractivity contribution in [2.75, 3.05) is 0 Å². The van der Waals surface area contributed by atoms with Crippen molar-refractivity contribution in [1.29, 1.82) is 0 Å². The van der Waals surface area contributed by atoms with E-state index in [1.54, 1.807) is 30.3 Å². The minimum atomic E-state index is -0.794. The van der Waals surface area contributed by atoms with E-state index in [-0.39, 0.29) is 16.3 Å². The summed E-state index contributed by atoms with van der Waals surface area (Å²) in [5.41, 5.74) is 0.136. The van der Waals surface area contributed by atoms with Crippen molar-refractivity contribution in [3.8, 4) is 11.6 Å². The SMILES string of the molecule is Cc1cc(N=Cc2c(O)n(-c3ccccc3Cl)c(=O)[nH]c2=O)ccc1Br. The maximum absolute atomic E-state index is 12.2. The Morgan fingerprint density at radius 1 is 1.23 bits per heavy atom. The van der Waals surface area contributed by atoms with E-state index in [4.69, 9.17) is 11.6 Å². The lowest BCUT2D eigenvalue weighted by Crippen LogP contribution is -2.31. The number of aromatic hydroxyl groups is 1. The van der Waals surface area contributed by atoms with Crippen LogP contribution in [0.3, 0.4) is 0 Å². The number of rotatable bonds is 3. The number of para-hydroxylation sites is 1. The van der Waals surface area contributed by atoms with Crippen LogP contribution in [0.1, 0.15) is 11.1 Å². The van der Waals surface area contributed by atoms with Gasteiger partial charge in [-0.15, -0.1) is 0 Å². The Kier molecular flexibility index (Phi) is 5.11. The van der Waals surface area contributed by atoms with E-state index in [2.05, 4.69) is 25.9 Å². The molecule has 2 aromatic carbocycles. The summed E-state index contributed by atoms with van der Waals surface area (Å²) in [4.78, 5) is 30.7. The van der Waals surface area contributed by atoms with Gasteiger partial charge in [0.2, 0.25) is 5.88 Å². The molecular weight excluding hydrogens is 422 g/mol. The molecule has 0 saturated heterocycles. The van der Waals surface area contributed by atoms with E-state index in [0.717, 1.165) is 14.6 Å². The molecule has 0 atom stereocenters. The number of halogens is 2. The van der Waals surface area contributed by atoms with Crippen molar-refractivity contribution in [2.45, 2.75) is 6.92 Å². The number of H-pyrrole nitrogens is 1. The molecule has 0 amide bonds. The summed E-state index contributed by atoms with van der Waals surface area (Å²) in [5.74, 6) is -0.538. The Morgan fingerprint density at radius 3 is 2.65 bits per heavy atom. The number of aromatic amines is 1. The monoisotopic (exact) mass is 433 g/mol. The fourth-order valence-corrected chi connectivity index (χ4v) is 2.83. The van der Waals surface area contributed by atoms with Crippen LogP contribution in [0.5, 0.6) is 5.88 Å². The summed E-state index contributed by atoms with van der Waals surface area (Å²) in [5, 5.41) is 10.7. The highest BCUT2D eigenvalue weighted by atomic mass is 79.9. The highest BCUT2D eigenvalue weighted by molar-refractivity contribution is 9.10. The van der Waals surface area contributed by atoms with Crippen molar-refractivity contribution in [2.24, 2.45) is 4.99 Å². The molecule has 8 heteroatoms. The maximum atomic E-state index is 12.2. The molecular formula is C18H13BrClN3O3. The zero-order valence-electron chi connectivity index (χ0n) is 13.5. The first-order valence-corrected chi connectivity index (χ1v) is 8.69. The van der Waals surface area contributed by atoms with Gasteiger partial charge in [-0.1, -0.05) is 39.7 Å². The summed E-state index contributed by atoms with van der Waals surface area (Å²) in [6.45, 7) is 1.91. The number of aliphatic imine (C=N–C) groups is 1. The summed E-state index contributed by atoms with van der Waals surface area (Å²) in [7, 11) is 0. The molecule has 6 nitrogen and oxygen atoms in total. The van der Waals surface area contributed by atoms with Crippen molar-refractivity contribution in [3.05, 3.63) is 83.9 Å². The van der Waals surface area contributed by atoms with E-state index in [9.17, 15) is 14.7 Å². The van der Waals surface area contributed by atoms with Gasteiger partial charge in [-0.3, -0.25) is 14.8 Å². The molecule has 3 rings (SSSR count). The molecule has 0 unspecified atom stereocenters. The molecule has 0 fully saturated rings. The lowest BCUT2D eigenvalue weighted by atomic mass is 10.2. The molecule has 3 aromatic rings. The summed E-state index contributed by atoms with van der Waals surface area (Å²) >= 11 is 9.50. The Bertz CT molecular complexity index is 1140. The second-order valence-corrected chi connectivity index (χ2v) is 6.74. The topological polar surface area (TPSA) is 87.4 Å². The van der Waals surface area contributed by atoms with E-state index < -0.39 is 17.1 Å². The van der Waals surface area contributed by atoms with Crippen molar-refractivity contribution in [3.63, 3.8) is 0 Å². The first kappa shape index (κ1) is 18.2. The third-order valence-corrected chi connectivity index (χ3v) is 4.91. The third-order valence-electron chi connectivity index (χ3n) is 3.70. The minimum Gasteiger partial charge on any atom is -0.493 e. The number of aryl methyl sites for hydroxylation is 1. The third kappa shape index (κ3) is 3.49. The first-order chi connectivity index (χ1) is 12.4.